The number of amidine groups is 1. The van der Waals surface area contributed by atoms with Crippen molar-refractivity contribution in [2.75, 3.05) is 34.1 Å². The summed E-state index contributed by atoms with van der Waals surface area (Å²) in [7, 11) is -4.57. The third-order valence-corrected chi connectivity index (χ3v) is 7.43. The minimum absolute atomic E-state index is 0.00962. The zero-order chi connectivity index (χ0) is 24.5. The Balaban J connectivity index is 1.61. The van der Waals surface area contributed by atoms with Gasteiger partial charge in [0.2, 0.25) is 0 Å². The maximum atomic E-state index is 13.3. The number of ether oxygens (including phenoxy) is 1. The molecule has 14 heteroatoms. The Labute approximate surface area is 207 Å². The fourth-order valence-electron chi connectivity index (χ4n) is 3.20. The first-order chi connectivity index (χ1) is 16.1. The van der Waals surface area contributed by atoms with E-state index in [9.17, 15) is 22.6 Å². The van der Waals surface area contributed by atoms with Crippen molar-refractivity contribution in [1.29, 1.82) is 5.41 Å². The van der Waals surface area contributed by atoms with Crippen LogP contribution in [0.15, 0.2) is 47.8 Å². The minimum atomic E-state index is -4.57. The molecule has 0 spiro atoms. The predicted molar refractivity (Wildman–Crippen MR) is 132 cm³/mol. The van der Waals surface area contributed by atoms with Crippen LogP contribution < -0.4 is 15.1 Å². The second-order valence-corrected chi connectivity index (χ2v) is 11.0. The zero-order valence-electron chi connectivity index (χ0n) is 17.2. The Kier molecular flexibility index (Phi) is 6.91. The minimum Gasteiger partial charge on any atom is -0.463 e. The summed E-state index contributed by atoms with van der Waals surface area (Å²) >= 11 is 7.97. The van der Waals surface area contributed by atoms with Crippen molar-refractivity contribution in [3.05, 3.63) is 61.9 Å². The van der Waals surface area contributed by atoms with Gasteiger partial charge >= 0.3 is 0 Å². The molecule has 1 saturated heterocycles. The Morgan fingerprint density at radius 3 is 2.53 bits per heavy atom. The second-order valence-electron chi connectivity index (χ2n) is 6.99. The average molecular weight is 541 g/mol. The predicted octanol–water partition coefficient (Wildman–Crippen LogP) is 3.98. The van der Waals surface area contributed by atoms with Crippen LogP contribution in [0.2, 0.25) is 4.34 Å². The van der Waals surface area contributed by atoms with Crippen molar-refractivity contribution in [2.24, 2.45) is 0 Å². The topological polar surface area (TPSA) is 140 Å². The number of anilines is 3. The number of amides is 2. The normalized spacial score (nSPS) is 13.6. The molecule has 178 valence electrons. The summed E-state index contributed by atoms with van der Waals surface area (Å²) < 4.78 is 38.4. The number of benzene rings is 1. The summed E-state index contributed by atoms with van der Waals surface area (Å²) in [6.07, 6.45) is 0. The first-order valence-corrected chi connectivity index (χ1v) is 13.3. The van der Waals surface area contributed by atoms with Gasteiger partial charge in [-0.15, -0.1) is 22.7 Å². The lowest BCUT2D eigenvalue weighted by molar-refractivity contribution is 0.0995. The summed E-state index contributed by atoms with van der Waals surface area (Å²) in [5.41, 5.74) is 1.03. The molecule has 1 aliphatic rings. The Bertz CT molecular complexity index is 1350. The lowest BCUT2D eigenvalue weighted by Crippen LogP contribution is -2.35. The van der Waals surface area contributed by atoms with Gasteiger partial charge in [-0.3, -0.25) is 29.4 Å². The largest absolute Gasteiger partial charge is 0.463 e. The molecule has 34 heavy (non-hydrogen) atoms. The van der Waals surface area contributed by atoms with Gasteiger partial charge < -0.3 is 10.1 Å². The number of nitrogens with zero attached hydrogens (tertiary/aromatic N) is 2. The van der Waals surface area contributed by atoms with Gasteiger partial charge in [-0.05, 0) is 47.8 Å². The molecule has 3 aromatic rings. The van der Waals surface area contributed by atoms with E-state index in [1.54, 1.807) is 34.5 Å². The van der Waals surface area contributed by atoms with Crippen LogP contribution in [-0.2, 0) is 14.9 Å². The molecule has 2 amide bonds. The van der Waals surface area contributed by atoms with Gasteiger partial charge in [0, 0.05) is 11.4 Å². The van der Waals surface area contributed by atoms with Gasteiger partial charge in [0.1, 0.15) is 11.5 Å². The average Bonchev–Trinajstić information content (AvgIpc) is 3.52. The number of nitrogens with one attached hydrogen (secondary N) is 2. The number of carbonyl (C=O) groups excluding carboxylic acids is 2. The highest BCUT2D eigenvalue weighted by Gasteiger charge is 2.27. The number of carbonyl (C=O) groups is 2. The van der Waals surface area contributed by atoms with Crippen LogP contribution in [0.5, 0.6) is 0 Å². The molecular formula is C20H17ClN4O6S3. The SMILES string of the molecule is N=C1OCCN1c1ccc(N(CS(=O)(=O)O)C(=O)c2sccc2NC(=O)c2ccc(Cl)s2)cc1. The number of halogens is 1. The molecule has 1 aromatic carbocycles. The van der Waals surface area contributed by atoms with Gasteiger partial charge in [0.25, 0.3) is 28.0 Å². The molecule has 1 fully saturated rings. The van der Waals surface area contributed by atoms with Crippen LogP contribution >= 0.6 is 34.3 Å². The summed E-state index contributed by atoms with van der Waals surface area (Å²) in [5, 5.41) is 12.0. The van der Waals surface area contributed by atoms with Crippen LogP contribution in [-0.4, -0.2) is 49.8 Å². The van der Waals surface area contributed by atoms with E-state index in [2.05, 4.69) is 5.32 Å². The van der Waals surface area contributed by atoms with Crippen LogP contribution in [0.1, 0.15) is 19.3 Å². The first kappa shape index (κ1) is 24.2. The zero-order valence-corrected chi connectivity index (χ0v) is 20.4. The van der Waals surface area contributed by atoms with Gasteiger partial charge in [0.05, 0.1) is 21.4 Å². The maximum Gasteiger partial charge on any atom is 0.289 e. The quantitative estimate of drug-likeness (QED) is 0.385. The Morgan fingerprint density at radius 1 is 1.21 bits per heavy atom. The smallest absolute Gasteiger partial charge is 0.289 e. The maximum absolute atomic E-state index is 13.3. The third-order valence-electron chi connectivity index (χ3n) is 4.71. The van der Waals surface area contributed by atoms with Crippen LogP contribution in [0, 0.1) is 5.41 Å². The molecule has 0 unspecified atom stereocenters. The van der Waals surface area contributed by atoms with Crippen molar-refractivity contribution in [3.8, 4) is 0 Å². The van der Waals surface area contributed by atoms with E-state index in [1.807, 2.05) is 0 Å². The van der Waals surface area contributed by atoms with Crippen molar-refractivity contribution in [2.45, 2.75) is 0 Å². The number of hydrogen-bond donors (Lipinski definition) is 3. The molecule has 10 nitrogen and oxygen atoms in total. The lowest BCUT2D eigenvalue weighted by atomic mass is 10.2. The molecule has 0 saturated carbocycles. The highest BCUT2D eigenvalue weighted by Crippen LogP contribution is 2.30. The number of thiophene rings is 2. The molecule has 0 aliphatic carbocycles. The highest BCUT2D eigenvalue weighted by atomic mass is 35.5. The molecule has 0 atom stereocenters. The van der Waals surface area contributed by atoms with Crippen LogP contribution in [0.3, 0.4) is 0 Å². The van der Waals surface area contributed by atoms with Crippen LogP contribution in [0.4, 0.5) is 17.1 Å². The summed E-state index contributed by atoms with van der Waals surface area (Å²) in [4.78, 5) is 28.8. The molecule has 2 aromatic heterocycles. The monoisotopic (exact) mass is 540 g/mol. The van der Waals surface area contributed by atoms with Gasteiger partial charge in [-0.2, -0.15) is 8.42 Å². The number of rotatable bonds is 7. The molecule has 3 N–H and O–H groups in total. The molecule has 4 rings (SSSR count). The van der Waals surface area contributed by atoms with Gasteiger partial charge in [0.15, 0.2) is 5.88 Å². The molecule has 0 bridgehead atoms. The lowest BCUT2D eigenvalue weighted by Gasteiger charge is -2.22. The van der Waals surface area contributed by atoms with Gasteiger partial charge in [-0.1, -0.05) is 11.6 Å². The molecular weight excluding hydrogens is 524 g/mol. The fourth-order valence-corrected chi connectivity index (χ4v) is 5.53. The Hall–Kier alpha value is -2.97. The van der Waals surface area contributed by atoms with E-state index >= 15 is 0 Å². The molecule has 3 heterocycles. The Morgan fingerprint density at radius 2 is 1.94 bits per heavy atom. The fraction of sp³-hybridized carbons (Fsp3) is 0.150. The van der Waals surface area contributed by atoms with Crippen molar-refractivity contribution >= 4 is 79.3 Å². The molecule has 0 radical (unpaired) electrons. The first-order valence-electron chi connectivity index (χ1n) is 9.62. The summed E-state index contributed by atoms with van der Waals surface area (Å²) in [6, 6.07) is 10.9. The van der Waals surface area contributed by atoms with E-state index in [0.717, 1.165) is 27.6 Å². The van der Waals surface area contributed by atoms with Gasteiger partial charge in [-0.25, -0.2) is 0 Å². The van der Waals surface area contributed by atoms with E-state index in [1.165, 1.54) is 18.2 Å². The van der Waals surface area contributed by atoms with Crippen molar-refractivity contribution < 1.29 is 27.3 Å². The van der Waals surface area contributed by atoms with E-state index < -0.39 is 27.8 Å². The summed E-state index contributed by atoms with van der Waals surface area (Å²) in [5.74, 6) is -2.18. The van der Waals surface area contributed by atoms with E-state index in [-0.39, 0.29) is 22.3 Å². The summed E-state index contributed by atoms with van der Waals surface area (Å²) in [6.45, 7) is 0.859. The number of hydrogen-bond acceptors (Lipinski definition) is 8. The van der Waals surface area contributed by atoms with E-state index in [4.69, 9.17) is 21.7 Å². The highest BCUT2D eigenvalue weighted by molar-refractivity contribution is 7.85. The van der Waals surface area contributed by atoms with Crippen molar-refractivity contribution in [1.82, 2.24) is 0 Å². The third kappa shape index (κ3) is 5.39. The van der Waals surface area contributed by atoms with E-state index in [0.29, 0.717) is 28.1 Å². The molecule has 1 aliphatic heterocycles. The van der Waals surface area contributed by atoms with Crippen LogP contribution in [0.25, 0.3) is 0 Å². The standard InChI is InChI=1S/C20H17ClN4O6S3/c21-16-6-5-15(33-16)18(26)23-14-7-10-32-17(14)19(27)25(11-34(28,29)30)13-3-1-12(2-4-13)24-8-9-31-20(24)22/h1-7,10,22H,8-9,11H2,(H,23,26)(H,28,29,30). The second kappa shape index (κ2) is 9.72. The van der Waals surface area contributed by atoms with Crippen molar-refractivity contribution in [3.63, 3.8) is 0 Å².